The SMILES string of the molecule is CC(C)C1=C2[C@H]3CC[C@H]4[C@@](C)(CC[C@@]5(NC(=O)NCc6cncnc6)C(C)(C)CCC[C@]45C)[C@]3(C)CC[C@@]2(C)CC1=O. The zero-order chi connectivity index (χ0) is 30.3. The highest BCUT2D eigenvalue weighted by atomic mass is 16.2. The number of ketones is 1. The van der Waals surface area contributed by atoms with Crippen LogP contribution >= 0.6 is 0 Å². The van der Waals surface area contributed by atoms with E-state index >= 15 is 0 Å². The van der Waals surface area contributed by atoms with Crippen LogP contribution in [0.15, 0.2) is 29.9 Å². The normalized spacial score (nSPS) is 42.4. The van der Waals surface area contributed by atoms with Crippen molar-refractivity contribution in [3.8, 4) is 0 Å². The van der Waals surface area contributed by atoms with E-state index in [9.17, 15) is 9.59 Å². The third-order valence-electron chi connectivity index (χ3n) is 14.3. The van der Waals surface area contributed by atoms with E-state index in [0.717, 1.165) is 44.1 Å². The third kappa shape index (κ3) is 3.87. The number of Topliss-reactive ketones (excluding diaryl/α,β-unsaturated/α-hetero) is 1. The molecular weight excluding hydrogens is 520 g/mol. The van der Waals surface area contributed by atoms with Crippen molar-refractivity contribution >= 4 is 11.8 Å². The standard InChI is InChI=1S/C36H54N4O2/c1-23(2)28-26(41)18-32(5)14-15-33(6)25(29(28)32)10-11-27-34(33,7)16-17-36(31(3,4)12-9-13-35(27,36)8)40-30(42)39-21-24-19-37-22-38-20-24/h19-20,22-23,25,27H,9-18,21H2,1-8H3,(H2,39,40,42)/t25-,27+,32+,33-,34-,35-,36-/m1/s1. The molecule has 6 nitrogen and oxygen atoms in total. The summed E-state index contributed by atoms with van der Waals surface area (Å²) in [6, 6.07) is -0.0758. The molecule has 4 fully saturated rings. The summed E-state index contributed by atoms with van der Waals surface area (Å²) in [5.41, 5.74) is 3.68. The molecule has 0 aromatic carbocycles. The maximum atomic E-state index is 13.7. The summed E-state index contributed by atoms with van der Waals surface area (Å²) in [5.74, 6) is 1.72. The minimum Gasteiger partial charge on any atom is -0.334 e. The third-order valence-corrected chi connectivity index (χ3v) is 14.3. The second-order valence-corrected chi connectivity index (χ2v) is 16.8. The van der Waals surface area contributed by atoms with E-state index in [1.54, 1.807) is 18.0 Å². The van der Waals surface area contributed by atoms with E-state index < -0.39 is 0 Å². The molecule has 230 valence electrons. The summed E-state index contributed by atoms with van der Waals surface area (Å²) in [5, 5.41) is 6.84. The summed E-state index contributed by atoms with van der Waals surface area (Å²) < 4.78 is 0. The number of carbonyl (C=O) groups is 2. The van der Waals surface area contributed by atoms with Gasteiger partial charge in [-0.25, -0.2) is 14.8 Å². The van der Waals surface area contributed by atoms with Crippen molar-refractivity contribution in [3.05, 3.63) is 35.4 Å². The number of urea groups is 1. The van der Waals surface area contributed by atoms with Crippen LogP contribution < -0.4 is 10.6 Å². The van der Waals surface area contributed by atoms with Crippen LogP contribution in [0.25, 0.3) is 0 Å². The number of hydrogen-bond acceptors (Lipinski definition) is 4. The van der Waals surface area contributed by atoms with Gasteiger partial charge in [-0.15, -0.1) is 0 Å². The summed E-state index contributed by atoms with van der Waals surface area (Å²) in [7, 11) is 0. The lowest BCUT2D eigenvalue weighted by molar-refractivity contribution is -0.226. The van der Waals surface area contributed by atoms with Gasteiger partial charge in [0.25, 0.3) is 0 Å². The lowest BCUT2D eigenvalue weighted by Crippen LogP contribution is -2.76. The first-order valence-corrected chi connectivity index (χ1v) is 16.7. The van der Waals surface area contributed by atoms with Gasteiger partial charge in [-0.05, 0) is 102 Å². The topological polar surface area (TPSA) is 84.0 Å². The summed E-state index contributed by atoms with van der Waals surface area (Å²) >= 11 is 0. The van der Waals surface area contributed by atoms with Crippen molar-refractivity contribution in [1.82, 2.24) is 20.6 Å². The Morgan fingerprint density at radius 1 is 0.905 bits per heavy atom. The number of allylic oxidation sites excluding steroid dienone is 2. The zero-order valence-electron chi connectivity index (χ0n) is 27.5. The summed E-state index contributed by atoms with van der Waals surface area (Å²) in [6.07, 6.45) is 16.0. The van der Waals surface area contributed by atoms with Crippen LogP contribution in [0.2, 0.25) is 0 Å². The maximum Gasteiger partial charge on any atom is 0.315 e. The Morgan fingerprint density at radius 3 is 2.29 bits per heavy atom. The molecular formula is C36H54N4O2. The molecule has 0 radical (unpaired) electrons. The predicted octanol–water partition coefficient (Wildman–Crippen LogP) is 7.79. The van der Waals surface area contributed by atoms with Crippen molar-refractivity contribution in [3.63, 3.8) is 0 Å². The number of aromatic nitrogens is 2. The van der Waals surface area contributed by atoms with Crippen LogP contribution in [0, 0.1) is 44.8 Å². The molecule has 0 bridgehead atoms. The molecule has 0 spiro atoms. The van der Waals surface area contributed by atoms with Crippen LogP contribution in [-0.2, 0) is 11.3 Å². The Morgan fingerprint density at radius 2 is 1.60 bits per heavy atom. The van der Waals surface area contributed by atoms with Crippen LogP contribution in [0.1, 0.15) is 125 Å². The van der Waals surface area contributed by atoms with Crippen molar-refractivity contribution in [2.45, 2.75) is 132 Å². The van der Waals surface area contributed by atoms with E-state index in [1.807, 2.05) is 0 Å². The molecule has 1 heterocycles. The molecule has 2 amide bonds. The lowest BCUT2D eigenvalue weighted by Gasteiger charge is -2.75. The summed E-state index contributed by atoms with van der Waals surface area (Å²) in [4.78, 5) is 35.3. The highest BCUT2D eigenvalue weighted by Crippen LogP contribution is 2.77. The molecule has 0 aliphatic heterocycles. The fourth-order valence-corrected chi connectivity index (χ4v) is 12.0. The van der Waals surface area contributed by atoms with E-state index in [-0.39, 0.29) is 38.6 Å². The van der Waals surface area contributed by atoms with Gasteiger partial charge in [-0.3, -0.25) is 4.79 Å². The number of nitrogens with one attached hydrogen (secondary N) is 2. The lowest BCUT2D eigenvalue weighted by atomic mass is 9.31. The van der Waals surface area contributed by atoms with Gasteiger partial charge in [0.15, 0.2) is 5.78 Å². The molecule has 7 atom stereocenters. The highest BCUT2D eigenvalue weighted by Gasteiger charge is 2.73. The van der Waals surface area contributed by atoms with E-state index in [4.69, 9.17) is 0 Å². The van der Waals surface area contributed by atoms with Gasteiger partial charge in [-0.1, -0.05) is 67.4 Å². The van der Waals surface area contributed by atoms with Gasteiger partial charge in [-0.2, -0.15) is 0 Å². The maximum absolute atomic E-state index is 13.7. The molecule has 6 heteroatoms. The molecule has 6 rings (SSSR count). The predicted molar refractivity (Wildman–Crippen MR) is 166 cm³/mol. The van der Waals surface area contributed by atoms with Gasteiger partial charge in [0.05, 0.1) is 5.54 Å². The average Bonchev–Trinajstić information content (AvgIpc) is 3.20. The van der Waals surface area contributed by atoms with E-state index in [2.05, 4.69) is 76.0 Å². The number of hydrogen-bond donors (Lipinski definition) is 2. The quantitative estimate of drug-likeness (QED) is 0.384. The largest absolute Gasteiger partial charge is 0.334 e. The van der Waals surface area contributed by atoms with Crippen molar-refractivity contribution in [2.24, 2.45) is 44.8 Å². The Balaban J connectivity index is 1.36. The molecule has 5 aliphatic rings. The first-order valence-electron chi connectivity index (χ1n) is 16.7. The van der Waals surface area contributed by atoms with Gasteiger partial charge in [0.1, 0.15) is 6.33 Å². The van der Waals surface area contributed by atoms with E-state index in [0.29, 0.717) is 36.5 Å². The van der Waals surface area contributed by atoms with Crippen LogP contribution in [-0.4, -0.2) is 27.3 Å². The van der Waals surface area contributed by atoms with Gasteiger partial charge >= 0.3 is 6.03 Å². The fourth-order valence-electron chi connectivity index (χ4n) is 12.0. The fraction of sp³-hybridized carbons (Fsp3) is 0.778. The van der Waals surface area contributed by atoms with Gasteiger partial charge in [0, 0.05) is 30.9 Å². The zero-order valence-corrected chi connectivity index (χ0v) is 27.5. The Labute approximate surface area is 253 Å². The van der Waals surface area contributed by atoms with Crippen LogP contribution in [0.4, 0.5) is 4.79 Å². The van der Waals surface area contributed by atoms with Gasteiger partial charge in [0.2, 0.25) is 0 Å². The minimum atomic E-state index is -0.280. The summed E-state index contributed by atoms with van der Waals surface area (Å²) in [6.45, 7) is 19.8. The van der Waals surface area contributed by atoms with Crippen molar-refractivity contribution in [2.75, 3.05) is 0 Å². The molecule has 0 unspecified atom stereocenters. The Kier molecular flexibility index (Phi) is 6.84. The van der Waals surface area contributed by atoms with Crippen molar-refractivity contribution < 1.29 is 9.59 Å². The molecule has 0 saturated heterocycles. The number of nitrogens with zero attached hydrogens (tertiary/aromatic N) is 2. The molecule has 42 heavy (non-hydrogen) atoms. The molecule has 4 saturated carbocycles. The molecule has 2 N–H and O–H groups in total. The number of rotatable bonds is 4. The number of amides is 2. The minimum absolute atomic E-state index is 0.00949. The molecule has 5 aliphatic carbocycles. The molecule has 1 aromatic heterocycles. The average molecular weight is 575 g/mol. The van der Waals surface area contributed by atoms with Gasteiger partial charge < -0.3 is 10.6 Å². The number of carbonyl (C=O) groups excluding carboxylic acids is 2. The Bertz CT molecular complexity index is 1300. The second-order valence-electron chi connectivity index (χ2n) is 16.8. The van der Waals surface area contributed by atoms with E-state index in [1.165, 1.54) is 31.2 Å². The van der Waals surface area contributed by atoms with Crippen LogP contribution in [0.5, 0.6) is 0 Å². The second kappa shape index (κ2) is 9.63. The monoisotopic (exact) mass is 574 g/mol. The molecule has 1 aromatic rings. The highest BCUT2D eigenvalue weighted by molar-refractivity contribution is 6.00. The number of fused-ring (bicyclic) bond motifs is 7. The van der Waals surface area contributed by atoms with Crippen molar-refractivity contribution in [1.29, 1.82) is 0 Å². The van der Waals surface area contributed by atoms with Crippen LogP contribution in [0.3, 0.4) is 0 Å². The smallest absolute Gasteiger partial charge is 0.315 e. The Hall–Kier alpha value is -2.24. The first kappa shape index (κ1) is 29.8. The first-order chi connectivity index (χ1) is 19.6.